The van der Waals surface area contributed by atoms with E-state index < -0.39 is 6.36 Å². The number of benzene rings is 2. The highest BCUT2D eigenvalue weighted by Crippen LogP contribution is 2.23. The van der Waals surface area contributed by atoms with Crippen LogP contribution in [0, 0.1) is 0 Å². The van der Waals surface area contributed by atoms with E-state index >= 15 is 0 Å². The molecule has 3 rings (SSSR count). The number of carbonyl (C=O) groups excluding carboxylic acids is 1. The Labute approximate surface area is 164 Å². The quantitative estimate of drug-likeness (QED) is 0.628. The first-order valence-corrected chi connectivity index (χ1v) is 8.63. The van der Waals surface area contributed by atoms with Crippen molar-refractivity contribution >= 4 is 11.6 Å². The van der Waals surface area contributed by atoms with Gasteiger partial charge in [-0.25, -0.2) is 0 Å². The number of ether oxygens (including phenoxy) is 1. The van der Waals surface area contributed by atoms with Crippen molar-refractivity contribution in [3.05, 3.63) is 60.5 Å². The zero-order valence-corrected chi connectivity index (χ0v) is 15.4. The zero-order chi connectivity index (χ0) is 20.9. The Morgan fingerprint density at radius 1 is 1.10 bits per heavy atom. The number of rotatable bonds is 7. The van der Waals surface area contributed by atoms with Crippen molar-refractivity contribution in [2.45, 2.75) is 12.9 Å². The Morgan fingerprint density at radius 2 is 1.79 bits per heavy atom. The molecule has 0 bridgehead atoms. The average Bonchev–Trinajstić information content (AvgIpc) is 3.11. The summed E-state index contributed by atoms with van der Waals surface area (Å²) in [6.45, 7) is 0.440. The molecular formula is C19H18F3N4O3+. The van der Waals surface area contributed by atoms with Gasteiger partial charge in [-0.05, 0) is 36.4 Å². The first-order valence-electron chi connectivity index (χ1n) is 8.63. The third-order valence-electron chi connectivity index (χ3n) is 3.77. The Bertz CT molecular complexity index is 943. The number of alkyl halides is 3. The molecule has 2 N–H and O–H groups in total. The van der Waals surface area contributed by atoms with Crippen LogP contribution in [0.5, 0.6) is 5.75 Å². The molecule has 0 aliphatic carbocycles. The Hall–Kier alpha value is -3.40. The molecule has 3 aromatic rings. The molecule has 1 unspecified atom stereocenters. The average molecular weight is 407 g/mol. The van der Waals surface area contributed by atoms with Crippen molar-refractivity contribution in [1.82, 2.24) is 10.2 Å². The van der Waals surface area contributed by atoms with Crippen LogP contribution in [-0.2, 0) is 11.3 Å². The normalized spacial score (nSPS) is 12.4. The van der Waals surface area contributed by atoms with Gasteiger partial charge >= 0.3 is 6.36 Å². The van der Waals surface area contributed by atoms with Crippen LogP contribution >= 0.6 is 0 Å². The predicted molar refractivity (Wildman–Crippen MR) is 96.9 cm³/mol. The van der Waals surface area contributed by atoms with Crippen molar-refractivity contribution in [2.24, 2.45) is 0 Å². The van der Waals surface area contributed by atoms with Crippen molar-refractivity contribution in [2.75, 3.05) is 18.9 Å². The van der Waals surface area contributed by atoms with Crippen molar-refractivity contribution < 1.29 is 32.0 Å². The van der Waals surface area contributed by atoms with Crippen LogP contribution in [0.4, 0.5) is 18.9 Å². The van der Waals surface area contributed by atoms with Gasteiger partial charge in [-0.15, -0.1) is 23.4 Å². The van der Waals surface area contributed by atoms with Gasteiger partial charge in [0.05, 0.1) is 7.05 Å². The van der Waals surface area contributed by atoms with Crippen LogP contribution in [0.15, 0.2) is 59.0 Å². The third-order valence-corrected chi connectivity index (χ3v) is 3.77. The molecule has 1 aromatic heterocycles. The van der Waals surface area contributed by atoms with Crippen LogP contribution in [-0.4, -0.2) is 36.1 Å². The van der Waals surface area contributed by atoms with Gasteiger partial charge in [0.15, 0.2) is 13.1 Å². The molecule has 0 radical (unpaired) electrons. The molecule has 0 saturated heterocycles. The standard InChI is InChI=1S/C19H17F3N4O3/c1-26(12-17-24-25-18(28-17)13-5-3-2-4-6-13)11-16(27)23-14-7-9-15(10-8-14)29-19(20,21)22/h2-10H,11-12H2,1H3,(H,23,27)/p+1. The lowest BCUT2D eigenvalue weighted by Gasteiger charge is -2.12. The lowest BCUT2D eigenvalue weighted by molar-refractivity contribution is -0.886. The van der Waals surface area contributed by atoms with Gasteiger partial charge < -0.3 is 19.4 Å². The maximum atomic E-state index is 12.2. The summed E-state index contributed by atoms with van der Waals surface area (Å²) >= 11 is 0. The van der Waals surface area contributed by atoms with Crippen LogP contribution in [0.2, 0.25) is 0 Å². The highest BCUT2D eigenvalue weighted by atomic mass is 19.4. The number of likely N-dealkylation sites (N-methyl/N-ethyl adjacent to an activating group) is 1. The minimum Gasteiger partial charge on any atom is -0.415 e. The van der Waals surface area contributed by atoms with Gasteiger partial charge in [0.1, 0.15) is 5.75 Å². The van der Waals surface area contributed by atoms with E-state index in [4.69, 9.17) is 4.42 Å². The van der Waals surface area contributed by atoms with Gasteiger partial charge in [-0.3, -0.25) is 4.79 Å². The van der Waals surface area contributed by atoms with Gasteiger partial charge in [0.2, 0.25) is 5.89 Å². The number of amides is 1. The molecule has 29 heavy (non-hydrogen) atoms. The van der Waals surface area contributed by atoms with E-state index in [1.54, 1.807) is 7.05 Å². The van der Waals surface area contributed by atoms with E-state index in [-0.39, 0.29) is 18.2 Å². The molecule has 10 heteroatoms. The largest absolute Gasteiger partial charge is 0.573 e. The summed E-state index contributed by atoms with van der Waals surface area (Å²) in [5, 5.41) is 10.6. The second-order valence-electron chi connectivity index (χ2n) is 6.30. The summed E-state index contributed by atoms with van der Waals surface area (Å²) in [5.41, 5.74) is 1.17. The summed E-state index contributed by atoms with van der Waals surface area (Å²) in [4.78, 5) is 12.9. The highest BCUT2D eigenvalue weighted by molar-refractivity contribution is 5.91. The summed E-state index contributed by atoms with van der Waals surface area (Å²) in [7, 11) is 1.78. The molecule has 152 valence electrons. The van der Waals surface area contributed by atoms with Crippen LogP contribution in [0.25, 0.3) is 11.5 Å². The fraction of sp³-hybridized carbons (Fsp3) is 0.211. The lowest BCUT2D eigenvalue weighted by Crippen LogP contribution is -3.08. The fourth-order valence-corrected chi connectivity index (χ4v) is 2.56. The smallest absolute Gasteiger partial charge is 0.415 e. The van der Waals surface area contributed by atoms with Crippen molar-refractivity contribution in [1.29, 1.82) is 0 Å². The molecule has 2 aromatic carbocycles. The molecule has 0 aliphatic rings. The number of nitrogens with one attached hydrogen (secondary N) is 2. The molecule has 1 heterocycles. The van der Waals surface area contributed by atoms with E-state index in [1.165, 1.54) is 12.1 Å². The first kappa shape index (κ1) is 20.3. The number of hydrogen-bond donors (Lipinski definition) is 2. The second kappa shape index (κ2) is 8.74. The first-order chi connectivity index (χ1) is 13.8. The van der Waals surface area contributed by atoms with Gasteiger partial charge in [0.25, 0.3) is 11.8 Å². The molecule has 7 nitrogen and oxygen atoms in total. The van der Waals surface area contributed by atoms with Gasteiger partial charge in [-0.2, -0.15) is 0 Å². The van der Waals surface area contributed by atoms with Crippen molar-refractivity contribution in [3.8, 4) is 17.2 Å². The number of hydrogen-bond acceptors (Lipinski definition) is 5. The number of quaternary nitrogens is 1. The Kier molecular flexibility index (Phi) is 6.13. The van der Waals surface area contributed by atoms with E-state index in [2.05, 4.69) is 20.3 Å². The predicted octanol–water partition coefficient (Wildman–Crippen LogP) is 2.29. The van der Waals surface area contributed by atoms with Crippen LogP contribution in [0.1, 0.15) is 5.89 Å². The fourth-order valence-electron chi connectivity index (χ4n) is 2.56. The van der Waals surface area contributed by atoms with E-state index in [0.717, 1.165) is 22.6 Å². The molecule has 0 fully saturated rings. The molecule has 1 amide bonds. The Morgan fingerprint density at radius 3 is 2.45 bits per heavy atom. The Balaban J connectivity index is 1.50. The number of aromatic nitrogens is 2. The SMILES string of the molecule is C[NH+](CC(=O)Nc1ccc(OC(F)(F)F)cc1)Cc1nnc(-c2ccccc2)o1. The summed E-state index contributed by atoms with van der Waals surface area (Å²) in [6, 6.07) is 14.2. The zero-order valence-electron chi connectivity index (χ0n) is 15.4. The van der Waals surface area contributed by atoms with E-state index in [0.29, 0.717) is 24.0 Å². The van der Waals surface area contributed by atoms with Gasteiger partial charge in [-0.1, -0.05) is 18.2 Å². The molecule has 0 saturated carbocycles. The second-order valence-corrected chi connectivity index (χ2v) is 6.30. The summed E-state index contributed by atoms with van der Waals surface area (Å²) in [6.07, 6.45) is -4.76. The maximum absolute atomic E-state index is 12.2. The number of carbonyl (C=O) groups is 1. The maximum Gasteiger partial charge on any atom is 0.573 e. The van der Waals surface area contributed by atoms with Crippen LogP contribution in [0.3, 0.4) is 0 Å². The molecule has 0 spiro atoms. The number of halogens is 3. The minimum atomic E-state index is -4.76. The van der Waals surface area contributed by atoms with Crippen LogP contribution < -0.4 is 15.0 Å². The minimum absolute atomic E-state index is 0.101. The van der Waals surface area contributed by atoms with Crippen molar-refractivity contribution in [3.63, 3.8) is 0 Å². The summed E-state index contributed by atoms with van der Waals surface area (Å²) in [5.74, 6) is 0.125. The molecule has 1 atom stereocenters. The summed E-state index contributed by atoms with van der Waals surface area (Å²) < 4.78 is 45.9. The lowest BCUT2D eigenvalue weighted by atomic mass is 10.2. The molecular weight excluding hydrogens is 389 g/mol. The number of anilines is 1. The number of nitrogens with zero attached hydrogens (tertiary/aromatic N) is 2. The topological polar surface area (TPSA) is 81.7 Å². The van der Waals surface area contributed by atoms with Gasteiger partial charge in [0, 0.05) is 11.3 Å². The van der Waals surface area contributed by atoms with E-state index in [9.17, 15) is 18.0 Å². The van der Waals surface area contributed by atoms with E-state index in [1.807, 2.05) is 30.3 Å². The molecule has 0 aliphatic heterocycles. The monoisotopic (exact) mass is 407 g/mol. The third kappa shape index (κ3) is 6.32. The highest BCUT2D eigenvalue weighted by Gasteiger charge is 2.31.